The summed E-state index contributed by atoms with van der Waals surface area (Å²) in [7, 11) is 0. The molecule has 0 atom stereocenters. The van der Waals surface area contributed by atoms with Crippen LogP contribution in [0.3, 0.4) is 0 Å². The molecule has 0 heterocycles. The second-order valence-corrected chi connectivity index (χ2v) is 28.8. The number of nitrogens with zero attached hydrogens (tertiary/aromatic N) is 1. The average molecular weight is 1090 g/mol. The Labute approximate surface area is 471 Å². The van der Waals surface area contributed by atoms with Crippen LogP contribution in [0.15, 0.2) is 48.5 Å². The summed E-state index contributed by atoms with van der Waals surface area (Å²) in [5.41, 5.74) is 15.7. The number of benzene rings is 4. The number of phenols is 2. The van der Waals surface area contributed by atoms with Crippen LogP contribution in [0, 0.1) is 0 Å². The fraction of sp³-hybridized carbons (Fsp3) is 0.540. The Morgan fingerprint density at radius 3 is 1.22 bits per heavy atom. The minimum Gasteiger partial charge on any atom is -0.508 e. The first-order chi connectivity index (χ1) is 35.4. The average Bonchev–Trinajstić information content (AvgIpc) is 3.25. The largest absolute Gasteiger partial charge is 0.508 e. The lowest BCUT2D eigenvalue weighted by Crippen LogP contribution is -2.39. The van der Waals surface area contributed by atoms with Crippen LogP contribution in [-0.4, -0.2) is 40.1 Å². The quantitative estimate of drug-likeness (QED) is 0.0271. The second kappa shape index (κ2) is 23.5. The molecule has 10 N–H and O–H groups in total. The maximum absolute atomic E-state index is 13.5. The van der Waals surface area contributed by atoms with Gasteiger partial charge in [-0.1, -0.05) is 166 Å². The number of anilines is 3. The summed E-state index contributed by atoms with van der Waals surface area (Å²) < 4.78 is 12.1. The lowest BCUT2D eigenvalue weighted by Gasteiger charge is -2.31. The van der Waals surface area contributed by atoms with Gasteiger partial charge in [0, 0.05) is 47.0 Å². The number of rotatable bonds is 8. The van der Waals surface area contributed by atoms with E-state index in [1.807, 2.05) is 149 Å². The van der Waals surface area contributed by atoms with Gasteiger partial charge in [0.2, 0.25) is 5.91 Å². The van der Waals surface area contributed by atoms with Crippen molar-refractivity contribution in [2.75, 3.05) is 15.8 Å². The third-order valence-corrected chi connectivity index (χ3v) is 13.2. The van der Waals surface area contributed by atoms with E-state index in [1.165, 1.54) is 6.92 Å². The number of phenolic OH excluding ortho intramolecular Hbond substituents is 2. The Kier molecular flexibility index (Phi) is 19.8. The van der Waals surface area contributed by atoms with Crippen molar-refractivity contribution < 1.29 is 43.7 Å². The highest BCUT2D eigenvalue weighted by Crippen LogP contribution is 2.46. The van der Waals surface area contributed by atoms with Crippen molar-refractivity contribution in [2.24, 2.45) is 11.6 Å². The van der Waals surface area contributed by atoms with Crippen molar-refractivity contribution in [1.29, 1.82) is 0 Å². The summed E-state index contributed by atoms with van der Waals surface area (Å²) >= 11 is 0. The Balaban J connectivity index is 0.000000415. The number of aromatic hydroxyl groups is 2. The molecule has 0 aliphatic carbocycles. The molecule has 5 amide bonds. The second-order valence-electron chi connectivity index (χ2n) is 28.8. The molecule has 0 aliphatic rings. The highest BCUT2D eigenvalue weighted by Gasteiger charge is 2.34. The Bertz CT molecular complexity index is 2830. The SMILES string of the molecule is CC(=O)N(N)c1cc(C(C)(C)C)c(OC(=O)NCc2cc(C(C)(C)C)c(O)c(C(C)(C)C)c2)c(C(C)(C)C)c1.CC(C)(C)c1cc(NC(=O)Oc2c(C(C)(C)C)cc(NNC(=O)C(N)=O)cc2C(C)(C)C)c(C(C)(C)C)cc1O. The minimum atomic E-state index is -1.12. The molecule has 0 aromatic heterocycles. The third-order valence-electron chi connectivity index (χ3n) is 13.2. The van der Waals surface area contributed by atoms with Crippen molar-refractivity contribution in [3.05, 3.63) is 98.6 Å². The van der Waals surface area contributed by atoms with Gasteiger partial charge in [0.15, 0.2) is 0 Å². The van der Waals surface area contributed by atoms with Crippen LogP contribution >= 0.6 is 0 Å². The topological polar surface area (TPSA) is 248 Å². The molecule has 4 aromatic rings. The molecular formula is C63H95N7O9. The van der Waals surface area contributed by atoms with Crippen LogP contribution in [-0.2, 0) is 64.2 Å². The highest BCUT2D eigenvalue weighted by molar-refractivity contribution is 6.34. The van der Waals surface area contributed by atoms with E-state index in [9.17, 15) is 34.2 Å². The molecular weight excluding hydrogens is 999 g/mol. The lowest BCUT2D eigenvalue weighted by atomic mass is 9.78. The summed E-state index contributed by atoms with van der Waals surface area (Å²) in [4.78, 5) is 61.7. The van der Waals surface area contributed by atoms with Crippen LogP contribution < -0.4 is 47.5 Å². The predicted octanol–water partition coefficient (Wildman–Crippen LogP) is 13.2. The molecule has 0 bridgehead atoms. The van der Waals surface area contributed by atoms with E-state index < -0.39 is 45.7 Å². The molecule has 0 aliphatic heterocycles. The van der Waals surface area contributed by atoms with E-state index in [0.29, 0.717) is 51.0 Å². The van der Waals surface area contributed by atoms with Gasteiger partial charge < -0.3 is 30.7 Å². The van der Waals surface area contributed by atoms with Crippen molar-refractivity contribution in [3.63, 3.8) is 0 Å². The van der Waals surface area contributed by atoms with Crippen LogP contribution in [0.25, 0.3) is 0 Å². The van der Waals surface area contributed by atoms with Gasteiger partial charge in [0.25, 0.3) is 0 Å². The summed E-state index contributed by atoms with van der Waals surface area (Å²) in [6.07, 6.45) is -1.26. The molecule has 0 unspecified atom stereocenters. The number of nitrogens with one attached hydrogen (secondary N) is 4. The van der Waals surface area contributed by atoms with Gasteiger partial charge in [0.05, 0.1) is 11.4 Å². The molecule has 0 radical (unpaired) electrons. The van der Waals surface area contributed by atoms with Crippen molar-refractivity contribution >= 4 is 47.0 Å². The third kappa shape index (κ3) is 17.6. The molecule has 0 fully saturated rings. The van der Waals surface area contributed by atoms with Crippen molar-refractivity contribution in [3.8, 4) is 23.0 Å². The molecule has 16 nitrogen and oxygen atoms in total. The number of carbonyl (C=O) groups excluding carboxylic acids is 5. The number of carbonyl (C=O) groups is 5. The number of hydrogen-bond acceptors (Lipinski definition) is 11. The number of hydrazine groups is 2. The van der Waals surface area contributed by atoms with E-state index >= 15 is 0 Å². The summed E-state index contributed by atoms with van der Waals surface area (Å²) in [6, 6.07) is 14.5. The zero-order valence-corrected chi connectivity index (χ0v) is 52.2. The number of amides is 5. The Morgan fingerprint density at radius 1 is 0.494 bits per heavy atom. The van der Waals surface area contributed by atoms with Gasteiger partial charge in [-0.2, -0.15) is 0 Å². The number of ether oxygens (including phenoxy) is 2. The van der Waals surface area contributed by atoms with Gasteiger partial charge >= 0.3 is 24.0 Å². The number of hydrogen-bond donors (Lipinski definition) is 8. The summed E-state index contributed by atoms with van der Waals surface area (Å²) in [5.74, 6) is 5.01. The van der Waals surface area contributed by atoms with E-state index in [2.05, 4.69) is 63.0 Å². The fourth-order valence-corrected chi connectivity index (χ4v) is 8.66. The highest BCUT2D eigenvalue weighted by atomic mass is 16.6. The molecule has 4 aromatic carbocycles. The first-order valence-corrected chi connectivity index (χ1v) is 26.9. The molecule has 16 heteroatoms. The maximum atomic E-state index is 13.5. The zero-order chi connectivity index (χ0) is 61.3. The van der Waals surface area contributed by atoms with Gasteiger partial charge in [0.1, 0.15) is 23.0 Å². The van der Waals surface area contributed by atoms with E-state index in [1.54, 1.807) is 24.3 Å². The van der Waals surface area contributed by atoms with Gasteiger partial charge in [-0.15, -0.1) is 0 Å². The summed E-state index contributed by atoms with van der Waals surface area (Å²) in [5, 5.41) is 28.7. The van der Waals surface area contributed by atoms with E-state index in [0.717, 1.165) is 38.4 Å². The molecule has 436 valence electrons. The standard InChI is InChI=1S/C32H49N3O4.C31H46N4O5/c1-19(36)35(33)21-16-24(31(8,9)10)27(25(17-21)32(11,12)13)39-28(38)34-18-20-14-22(29(2,3)4)26(37)23(15-20)30(5,6)7;1-28(2,3)18-16-23(36)19(29(4,5)6)15-22(18)33-27(39)40-24-20(30(7,8)9)13-17(14-21(24)31(10,11)12)34-35-26(38)25(32)37/h14-17,37H,18,33H2,1-13H3,(H,34,38);13-16,34,36H,1-12H3,(H2,32,37)(H,33,39)(H,35,38). The smallest absolute Gasteiger partial charge is 0.417 e. The van der Waals surface area contributed by atoms with Gasteiger partial charge in [-0.3, -0.25) is 30.6 Å². The van der Waals surface area contributed by atoms with Gasteiger partial charge in [-0.25, -0.2) is 20.4 Å². The van der Waals surface area contributed by atoms with Crippen molar-refractivity contribution in [1.82, 2.24) is 10.7 Å². The van der Waals surface area contributed by atoms with Crippen molar-refractivity contribution in [2.45, 2.75) is 223 Å². The monoisotopic (exact) mass is 1090 g/mol. The first-order valence-electron chi connectivity index (χ1n) is 26.9. The molecule has 0 saturated heterocycles. The normalized spacial score (nSPS) is 12.6. The van der Waals surface area contributed by atoms with E-state index in [-0.39, 0.29) is 39.9 Å². The van der Waals surface area contributed by atoms with Crippen LogP contribution in [0.5, 0.6) is 23.0 Å². The fourth-order valence-electron chi connectivity index (χ4n) is 8.66. The Hall–Kier alpha value is -6.81. The molecule has 79 heavy (non-hydrogen) atoms. The zero-order valence-electron chi connectivity index (χ0n) is 52.2. The molecule has 4 rings (SSSR count). The van der Waals surface area contributed by atoms with Crippen LogP contribution in [0.4, 0.5) is 26.7 Å². The first kappa shape index (κ1) is 66.5. The minimum absolute atomic E-state index is 0.174. The number of nitrogens with two attached hydrogens (primary N) is 2. The number of primary amides is 1. The molecule has 0 spiro atoms. The summed E-state index contributed by atoms with van der Waals surface area (Å²) in [6.45, 7) is 50.0. The predicted molar refractivity (Wildman–Crippen MR) is 320 cm³/mol. The van der Waals surface area contributed by atoms with Gasteiger partial charge in [-0.05, 0) is 114 Å². The lowest BCUT2D eigenvalue weighted by molar-refractivity contribution is -0.136. The Morgan fingerprint density at radius 2 is 0.861 bits per heavy atom. The maximum Gasteiger partial charge on any atom is 0.417 e. The molecule has 0 saturated carbocycles. The van der Waals surface area contributed by atoms with Crippen LogP contribution in [0.2, 0.25) is 0 Å². The van der Waals surface area contributed by atoms with E-state index in [4.69, 9.17) is 21.1 Å². The van der Waals surface area contributed by atoms with Crippen LogP contribution in [0.1, 0.15) is 223 Å².